The van der Waals surface area contributed by atoms with Crippen LogP contribution in [0.1, 0.15) is 23.2 Å². The molecule has 5 rings (SSSR count). The fraction of sp³-hybridized carbons (Fsp3) is 0.182. The molecule has 2 aromatic carbocycles. The van der Waals surface area contributed by atoms with Gasteiger partial charge in [0.2, 0.25) is 10.0 Å². The zero-order chi connectivity index (χ0) is 21.6. The number of carbonyl (C=O) groups excluding carboxylic acids is 1. The van der Waals surface area contributed by atoms with Gasteiger partial charge in [0, 0.05) is 24.2 Å². The van der Waals surface area contributed by atoms with Crippen LogP contribution < -0.4 is 5.32 Å². The molecular weight excluding hydrogens is 450 g/mol. The standard InChI is InChI=1S/C22H19N3O3S3/c1-25(15-8-9-15)31(27,28)16-10-6-14(7-11-16)20(26)24-21-17(12-13-29-21)22-23-18-4-2-3-5-19(18)30-22/h2-7,10-13,15H,8-9H2,1H3,(H,24,26). The van der Waals surface area contributed by atoms with E-state index in [1.54, 1.807) is 30.5 Å². The number of benzene rings is 2. The monoisotopic (exact) mass is 469 g/mol. The third-order valence-electron chi connectivity index (χ3n) is 5.27. The summed E-state index contributed by atoms with van der Waals surface area (Å²) in [6.07, 6.45) is 1.79. The number of nitrogens with zero attached hydrogens (tertiary/aromatic N) is 2. The maximum absolute atomic E-state index is 12.8. The molecule has 0 aliphatic heterocycles. The summed E-state index contributed by atoms with van der Waals surface area (Å²) in [5.74, 6) is -0.288. The van der Waals surface area contributed by atoms with Gasteiger partial charge >= 0.3 is 0 Å². The first-order valence-corrected chi connectivity index (χ1v) is 12.9. The molecule has 9 heteroatoms. The van der Waals surface area contributed by atoms with Crippen LogP contribution in [0.3, 0.4) is 0 Å². The number of hydrogen-bond acceptors (Lipinski definition) is 6. The number of anilines is 1. The summed E-state index contributed by atoms with van der Waals surface area (Å²) >= 11 is 3.01. The smallest absolute Gasteiger partial charge is 0.256 e. The molecule has 158 valence electrons. The molecular formula is C22H19N3O3S3. The third-order valence-corrected chi connectivity index (χ3v) is 9.09. The summed E-state index contributed by atoms with van der Waals surface area (Å²) in [4.78, 5) is 17.7. The molecule has 1 aliphatic rings. The minimum absolute atomic E-state index is 0.0905. The molecule has 1 saturated carbocycles. The van der Waals surface area contributed by atoms with Crippen molar-refractivity contribution < 1.29 is 13.2 Å². The molecule has 2 aromatic heterocycles. The number of nitrogens with one attached hydrogen (secondary N) is 1. The lowest BCUT2D eigenvalue weighted by atomic mass is 10.2. The highest BCUT2D eigenvalue weighted by atomic mass is 32.2. The quantitative estimate of drug-likeness (QED) is 0.428. The van der Waals surface area contributed by atoms with E-state index in [4.69, 9.17) is 0 Å². The van der Waals surface area contributed by atoms with Gasteiger partial charge < -0.3 is 5.32 Å². The summed E-state index contributed by atoms with van der Waals surface area (Å²) in [6.45, 7) is 0. The van der Waals surface area contributed by atoms with Gasteiger partial charge in [-0.25, -0.2) is 13.4 Å². The van der Waals surface area contributed by atoms with Crippen molar-refractivity contribution in [2.24, 2.45) is 0 Å². The van der Waals surface area contributed by atoms with Gasteiger partial charge in [-0.1, -0.05) is 12.1 Å². The Morgan fingerprint density at radius 3 is 2.55 bits per heavy atom. The predicted octanol–water partition coefficient (Wildman–Crippen LogP) is 5.06. The number of rotatable bonds is 6. The zero-order valence-electron chi connectivity index (χ0n) is 16.6. The Labute approximate surface area is 188 Å². The van der Waals surface area contributed by atoms with Crippen molar-refractivity contribution in [3.63, 3.8) is 0 Å². The van der Waals surface area contributed by atoms with Crippen LogP contribution in [0.2, 0.25) is 0 Å². The van der Waals surface area contributed by atoms with E-state index in [-0.39, 0.29) is 16.8 Å². The Bertz CT molecular complexity index is 1340. The van der Waals surface area contributed by atoms with E-state index >= 15 is 0 Å². The molecule has 6 nitrogen and oxygen atoms in total. The first-order valence-electron chi connectivity index (χ1n) is 9.76. The van der Waals surface area contributed by atoms with E-state index in [9.17, 15) is 13.2 Å². The molecule has 0 atom stereocenters. The van der Waals surface area contributed by atoms with Crippen LogP contribution in [0, 0.1) is 0 Å². The minimum atomic E-state index is -3.53. The molecule has 0 saturated heterocycles. The number of para-hydroxylation sites is 1. The van der Waals surface area contributed by atoms with Crippen LogP contribution in [-0.4, -0.2) is 36.7 Å². The molecule has 0 spiro atoms. The largest absolute Gasteiger partial charge is 0.313 e. The average Bonchev–Trinajstić information content (AvgIpc) is 3.37. The molecule has 1 N–H and O–H groups in total. The lowest BCUT2D eigenvalue weighted by molar-refractivity contribution is 0.102. The van der Waals surface area contributed by atoms with Crippen LogP contribution >= 0.6 is 22.7 Å². The van der Waals surface area contributed by atoms with Crippen LogP contribution in [0.4, 0.5) is 5.00 Å². The Kier molecular flexibility index (Phi) is 5.13. The highest BCUT2D eigenvalue weighted by Crippen LogP contribution is 2.38. The molecule has 4 aromatic rings. The summed E-state index contributed by atoms with van der Waals surface area (Å²) in [6, 6.07) is 16.0. The Morgan fingerprint density at radius 1 is 1.10 bits per heavy atom. The predicted molar refractivity (Wildman–Crippen MR) is 125 cm³/mol. The van der Waals surface area contributed by atoms with Crippen LogP contribution in [0.25, 0.3) is 20.8 Å². The SMILES string of the molecule is CN(C1CC1)S(=O)(=O)c1ccc(C(=O)Nc2sccc2-c2nc3ccccc3s2)cc1. The summed E-state index contributed by atoms with van der Waals surface area (Å²) in [7, 11) is -1.92. The van der Waals surface area contributed by atoms with E-state index in [0.717, 1.165) is 33.6 Å². The number of hydrogen-bond donors (Lipinski definition) is 1. The number of amides is 1. The van der Waals surface area contributed by atoms with E-state index in [1.165, 1.54) is 27.8 Å². The van der Waals surface area contributed by atoms with E-state index in [0.29, 0.717) is 10.6 Å². The number of aromatic nitrogens is 1. The molecule has 1 aliphatic carbocycles. The number of carbonyl (C=O) groups is 1. The number of fused-ring (bicyclic) bond motifs is 1. The number of thiophene rings is 1. The van der Waals surface area contributed by atoms with Crippen molar-refractivity contribution in [2.45, 2.75) is 23.8 Å². The van der Waals surface area contributed by atoms with E-state index < -0.39 is 10.0 Å². The third kappa shape index (κ3) is 3.89. The van der Waals surface area contributed by atoms with E-state index in [2.05, 4.69) is 10.3 Å². The van der Waals surface area contributed by atoms with Gasteiger partial charge in [0.25, 0.3) is 5.91 Å². The molecule has 1 fully saturated rings. The number of thiazole rings is 1. The second-order valence-corrected chi connectivity index (χ2v) is 11.3. The highest BCUT2D eigenvalue weighted by molar-refractivity contribution is 7.89. The molecule has 2 heterocycles. The Hall–Kier alpha value is -2.59. The summed E-state index contributed by atoms with van der Waals surface area (Å²) in [5, 5.41) is 6.43. The fourth-order valence-corrected chi connectivity index (χ4v) is 6.58. The normalized spacial score (nSPS) is 14.3. The summed E-state index contributed by atoms with van der Waals surface area (Å²) < 4.78 is 27.8. The maximum atomic E-state index is 12.8. The molecule has 0 radical (unpaired) electrons. The van der Waals surface area contributed by atoms with Gasteiger partial charge in [0.15, 0.2) is 0 Å². The van der Waals surface area contributed by atoms with Crippen molar-refractivity contribution in [3.05, 3.63) is 65.5 Å². The van der Waals surface area contributed by atoms with E-state index in [1.807, 2.05) is 35.7 Å². The van der Waals surface area contributed by atoms with Crippen molar-refractivity contribution >= 4 is 53.8 Å². The lowest BCUT2D eigenvalue weighted by Crippen LogP contribution is -2.28. The number of sulfonamides is 1. The zero-order valence-corrected chi connectivity index (χ0v) is 19.1. The molecule has 0 bridgehead atoms. The lowest BCUT2D eigenvalue weighted by Gasteiger charge is -2.16. The first kappa shape index (κ1) is 20.3. The fourth-order valence-electron chi connectivity index (χ4n) is 3.32. The topological polar surface area (TPSA) is 79.4 Å². The average molecular weight is 470 g/mol. The second kappa shape index (κ2) is 7.83. The van der Waals surface area contributed by atoms with Crippen LogP contribution in [0.5, 0.6) is 0 Å². The molecule has 31 heavy (non-hydrogen) atoms. The highest BCUT2D eigenvalue weighted by Gasteiger charge is 2.35. The first-order chi connectivity index (χ1) is 14.9. The Morgan fingerprint density at radius 2 is 1.84 bits per heavy atom. The second-order valence-electron chi connectivity index (χ2n) is 7.38. The molecule has 0 unspecified atom stereocenters. The van der Waals surface area contributed by atoms with Gasteiger partial charge in [-0.2, -0.15) is 4.31 Å². The minimum Gasteiger partial charge on any atom is -0.313 e. The van der Waals surface area contributed by atoms with Gasteiger partial charge in [-0.05, 0) is 60.7 Å². The van der Waals surface area contributed by atoms with Gasteiger partial charge in [-0.3, -0.25) is 4.79 Å². The van der Waals surface area contributed by atoms with Crippen LogP contribution in [-0.2, 0) is 10.0 Å². The van der Waals surface area contributed by atoms with Gasteiger partial charge in [0.05, 0.1) is 15.1 Å². The summed E-state index contributed by atoms with van der Waals surface area (Å²) in [5.41, 5.74) is 2.21. The van der Waals surface area contributed by atoms with Crippen molar-refractivity contribution in [1.29, 1.82) is 0 Å². The van der Waals surface area contributed by atoms with Crippen LogP contribution in [0.15, 0.2) is 64.9 Å². The van der Waals surface area contributed by atoms with Crippen molar-refractivity contribution in [2.75, 3.05) is 12.4 Å². The van der Waals surface area contributed by atoms with Gasteiger partial charge in [0.1, 0.15) is 10.0 Å². The van der Waals surface area contributed by atoms with Crippen molar-refractivity contribution in [1.82, 2.24) is 9.29 Å². The molecule has 1 amide bonds. The maximum Gasteiger partial charge on any atom is 0.256 e. The van der Waals surface area contributed by atoms with Gasteiger partial charge in [-0.15, -0.1) is 22.7 Å². The Balaban J connectivity index is 1.36. The van der Waals surface area contributed by atoms with Crippen molar-refractivity contribution in [3.8, 4) is 10.6 Å².